The summed E-state index contributed by atoms with van der Waals surface area (Å²) in [6.45, 7) is 12.2. The van der Waals surface area contributed by atoms with Crippen molar-refractivity contribution in [1.29, 1.82) is 0 Å². The van der Waals surface area contributed by atoms with Gasteiger partial charge in [-0.15, -0.1) is 0 Å². The Hall–Kier alpha value is -2.63. The molecule has 134 valence electrons. The van der Waals surface area contributed by atoms with E-state index in [1.807, 2.05) is 32.9 Å². The first kappa shape index (κ1) is 18.7. The Kier molecular flexibility index (Phi) is 6.33. The van der Waals surface area contributed by atoms with Gasteiger partial charge in [0, 0.05) is 42.9 Å². The van der Waals surface area contributed by atoms with Crippen LogP contribution >= 0.6 is 0 Å². The van der Waals surface area contributed by atoms with E-state index < -0.39 is 0 Å². The number of amides is 1. The van der Waals surface area contributed by atoms with Crippen LogP contribution in [-0.4, -0.2) is 35.0 Å². The summed E-state index contributed by atoms with van der Waals surface area (Å²) in [6, 6.07) is 6.30. The summed E-state index contributed by atoms with van der Waals surface area (Å²) in [6.07, 6.45) is 3.07. The van der Waals surface area contributed by atoms with Crippen molar-refractivity contribution in [3.8, 4) is 0 Å². The summed E-state index contributed by atoms with van der Waals surface area (Å²) < 4.78 is 0. The third-order valence-corrected chi connectivity index (χ3v) is 3.92. The van der Waals surface area contributed by atoms with Crippen molar-refractivity contribution in [1.82, 2.24) is 9.97 Å². The van der Waals surface area contributed by atoms with Crippen molar-refractivity contribution in [2.24, 2.45) is 0 Å². The van der Waals surface area contributed by atoms with Crippen molar-refractivity contribution in [3.05, 3.63) is 41.7 Å². The molecule has 0 unspecified atom stereocenters. The van der Waals surface area contributed by atoms with Gasteiger partial charge in [0.05, 0.1) is 5.56 Å². The fourth-order valence-electron chi connectivity index (χ4n) is 2.55. The first-order chi connectivity index (χ1) is 11.9. The molecule has 25 heavy (non-hydrogen) atoms. The molecule has 0 atom stereocenters. The highest BCUT2D eigenvalue weighted by Crippen LogP contribution is 2.23. The SMILES string of the molecule is CCN(CC)c1ccc(NC(=O)c2cnc(NC(C)C)nc2)c(C)c1. The molecule has 6 nitrogen and oxygen atoms in total. The van der Waals surface area contributed by atoms with Gasteiger partial charge in [-0.3, -0.25) is 4.79 Å². The second-order valence-corrected chi connectivity index (χ2v) is 6.22. The summed E-state index contributed by atoms with van der Waals surface area (Å²) >= 11 is 0. The van der Waals surface area contributed by atoms with Crippen LogP contribution in [0.3, 0.4) is 0 Å². The molecular weight excluding hydrogens is 314 g/mol. The third-order valence-electron chi connectivity index (χ3n) is 3.92. The van der Waals surface area contributed by atoms with Crippen LogP contribution in [0.1, 0.15) is 43.6 Å². The minimum absolute atomic E-state index is 0.213. The standard InChI is InChI=1S/C19H27N5O/c1-6-24(7-2)16-8-9-17(14(5)10-16)23-18(25)15-11-20-19(21-12-15)22-13(3)4/h8-13H,6-7H2,1-5H3,(H,23,25)(H,20,21,22). The summed E-state index contributed by atoms with van der Waals surface area (Å²) in [7, 11) is 0. The Morgan fingerprint density at radius 2 is 1.80 bits per heavy atom. The van der Waals surface area contributed by atoms with E-state index in [9.17, 15) is 4.79 Å². The Labute approximate surface area is 149 Å². The van der Waals surface area contributed by atoms with E-state index in [2.05, 4.69) is 45.4 Å². The van der Waals surface area contributed by atoms with Gasteiger partial charge in [-0.05, 0) is 58.4 Å². The van der Waals surface area contributed by atoms with Gasteiger partial charge in [0.25, 0.3) is 5.91 Å². The van der Waals surface area contributed by atoms with Crippen LogP contribution in [0.5, 0.6) is 0 Å². The molecule has 0 aliphatic rings. The molecular formula is C19H27N5O. The van der Waals surface area contributed by atoms with E-state index in [1.165, 1.54) is 12.4 Å². The van der Waals surface area contributed by atoms with Crippen LogP contribution in [0.2, 0.25) is 0 Å². The normalized spacial score (nSPS) is 10.6. The Morgan fingerprint density at radius 3 is 2.32 bits per heavy atom. The maximum absolute atomic E-state index is 12.4. The highest BCUT2D eigenvalue weighted by Gasteiger charge is 2.11. The monoisotopic (exact) mass is 341 g/mol. The Balaban J connectivity index is 2.09. The first-order valence-electron chi connectivity index (χ1n) is 8.70. The molecule has 0 aliphatic heterocycles. The van der Waals surface area contributed by atoms with Crippen molar-refractivity contribution < 1.29 is 4.79 Å². The van der Waals surface area contributed by atoms with Gasteiger partial charge >= 0.3 is 0 Å². The topological polar surface area (TPSA) is 70.2 Å². The lowest BCUT2D eigenvalue weighted by molar-refractivity contribution is 0.102. The summed E-state index contributed by atoms with van der Waals surface area (Å²) in [5.74, 6) is 0.307. The molecule has 0 saturated heterocycles. The van der Waals surface area contributed by atoms with Gasteiger partial charge in [0.1, 0.15) is 0 Å². The van der Waals surface area contributed by atoms with E-state index in [0.717, 1.165) is 30.0 Å². The highest BCUT2D eigenvalue weighted by molar-refractivity contribution is 6.04. The zero-order valence-electron chi connectivity index (χ0n) is 15.6. The molecule has 0 saturated carbocycles. The molecule has 1 aromatic heterocycles. The van der Waals surface area contributed by atoms with Crippen molar-refractivity contribution in [2.45, 2.75) is 40.7 Å². The fourth-order valence-corrected chi connectivity index (χ4v) is 2.55. The van der Waals surface area contributed by atoms with E-state index >= 15 is 0 Å². The molecule has 2 aromatic rings. The molecule has 2 rings (SSSR count). The van der Waals surface area contributed by atoms with Crippen molar-refractivity contribution >= 4 is 23.2 Å². The second kappa shape index (κ2) is 8.46. The quantitative estimate of drug-likeness (QED) is 0.803. The smallest absolute Gasteiger partial charge is 0.258 e. The van der Waals surface area contributed by atoms with Crippen LogP contribution in [0.15, 0.2) is 30.6 Å². The Bertz CT molecular complexity index is 708. The van der Waals surface area contributed by atoms with Gasteiger partial charge < -0.3 is 15.5 Å². The fraction of sp³-hybridized carbons (Fsp3) is 0.421. The molecule has 1 aromatic carbocycles. The zero-order chi connectivity index (χ0) is 18.4. The molecule has 6 heteroatoms. The minimum atomic E-state index is -0.213. The number of carbonyl (C=O) groups is 1. The number of nitrogens with zero attached hydrogens (tertiary/aromatic N) is 3. The van der Waals surface area contributed by atoms with Crippen LogP contribution in [0.25, 0.3) is 0 Å². The van der Waals surface area contributed by atoms with Crippen LogP contribution in [0.4, 0.5) is 17.3 Å². The second-order valence-electron chi connectivity index (χ2n) is 6.22. The minimum Gasteiger partial charge on any atom is -0.372 e. The van der Waals surface area contributed by atoms with Gasteiger partial charge in [-0.2, -0.15) is 0 Å². The summed E-state index contributed by atoms with van der Waals surface area (Å²) in [4.78, 5) is 23.0. The van der Waals surface area contributed by atoms with Gasteiger partial charge in [-0.1, -0.05) is 0 Å². The Morgan fingerprint density at radius 1 is 1.16 bits per heavy atom. The first-order valence-corrected chi connectivity index (χ1v) is 8.70. The number of rotatable bonds is 7. The lowest BCUT2D eigenvalue weighted by atomic mass is 10.1. The number of carbonyl (C=O) groups excluding carboxylic acids is 1. The average Bonchev–Trinajstić information content (AvgIpc) is 2.58. The van der Waals surface area contributed by atoms with E-state index in [0.29, 0.717) is 11.5 Å². The van der Waals surface area contributed by atoms with Crippen molar-refractivity contribution in [3.63, 3.8) is 0 Å². The summed E-state index contributed by atoms with van der Waals surface area (Å²) in [5.41, 5.74) is 3.41. The van der Waals surface area contributed by atoms with Gasteiger partial charge in [0.2, 0.25) is 5.95 Å². The molecule has 2 N–H and O–H groups in total. The van der Waals surface area contributed by atoms with Crippen LogP contribution in [0, 0.1) is 6.92 Å². The molecule has 0 fully saturated rings. The van der Waals surface area contributed by atoms with Gasteiger partial charge in [-0.25, -0.2) is 9.97 Å². The predicted molar refractivity (Wildman–Crippen MR) is 103 cm³/mol. The van der Waals surface area contributed by atoms with Gasteiger partial charge in [0.15, 0.2) is 0 Å². The number of nitrogens with one attached hydrogen (secondary N) is 2. The number of anilines is 3. The van der Waals surface area contributed by atoms with Crippen LogP contribution in [-0.2, 0) is 0 Å². The van der Waals surface area contributed by atoms with Crippen LogP contribution < -0.4 is 15.5 Å². The summed E-state index contributed by atoms with van der Waals surface area (Å²) in [5, 5.41) is 6.03. The largest absolute Gasteiger partial charge is 0.372 e. The maximum atomic E-state index is 12.4. The molecule has 1 amide bonds. The number of hydrogen-bond donors (Lipinski definition) is 2. The number of hydrogen-bond acceptors (Lipinski definition) is 5. The average molecular weight is 341 g/mol. The highest BCUT2D eigenvalue weighted by atomic mass is 16.1. The molecule has 0 spiro atoms. The predicted octanol–water partition coefficient (Wildman–Crippen LogP) is 3.70. The van der Waals surface area contributed by atoms with E-state index in [1.54, 1.807) is 0 Å². The third kappa shape index (κ3) is 4.92. The number of aryl methyl sites for hydroxylation is 1. The molecule has 0 radical (unpaired) electrons. The zero-order valence-corrected chi connectivity index (χ0v) is 15.6. The molecule has 1 heterocycles. The number of aromatic nitrogens is 2. The van der Waals surface area contributed by atoms with E-state index in [-0.39, 0.29) is 11.9 Å². The maximum Gasteiger partial charge on any atom is 0.258 e. The lowest BCUT2D eigenvalue weighted by Crippen LogP contribution is -2.22. The number of benzene rings is 1. The lowest BCUT2D eigenvalue weighted by Gasteiger charge is -2.22. The van der Waals surface area contributed by atoms with E-state index in [4.69, 9.17) is 0 Å². The molecule has 0 aliphatic carbocycles. The van der Waals surface area contributed by atoms with Crippen molar-refractivity contribution in [2.75, 3.05) is 28.6 Å². The molecule has 0 bridgehead atoms.